The van der Waals surface area contributed by atoms with Crippen LogP contribution < -0.4 is 10.2 Å². The van der Waals surface area contributed by atoms with Crippen LogP contribution in [0.4, 0.5) is 11.4 Å². The third-order valence-electron chi connectivity index (χ3n) is 6.82. The number of hydrogen-bond acceptors (Lipinski definition) is 6. The molecule has 0 bridgehead atoms. The second-order valence-electron chi connectivity index (χ2n) is 9.18. The van der Waals surface area contributed by atoms with Crippen molar-refractivity contribution in [2.75, 3.05) is 43.1 Å². The largest absolute Gasteiger partial charge is 0.466 e. The molecule has 2 heterocycles. The number of likely N-dealkylation sites (tertiary alicyclic amines) is 1. The Morgan fingerprint density at radius 2 is 1.76 bits per heavy atom. The number of nitrogens with one attached hydrogen (secondary N) is 1. The first-order valence-corrected chi connectivity index (χ1v) is 12.8. The molecule has 2 saturated heterocycles. The normalized spacial score (nSPS) is 16.7. The van der Waals surface area contributed by atoms with Crippen molar-refractivity contribution in [3.05, 3.63) is 59.6 Å². The van der Waals surface area contributed by atoms with Crippen molar-refractivity contribution in [1.82, 2.24) is 9.80 Å². The predicted molar refractivity (Wildman–Crippen MR) is 140 cm³/mol. The molecule has 1 spiro atoms. The average Bonchev–Trinajstić information content (AvgIpc) is 3.14. The van der Waals surface area contributed by atoms with Gasteiger partial charge in [-0.05, 0) is 50.1 Å². The summed E-state index contributed by atoms with van der Waals surface area (Å²) in [6, 6.07) is 16.5. The van der Waals surface area contributed by atoms with Crippen molar-refractivity contribution in [2.24, 2.45) is 0 Å². The number of para-hydroxylation sites is 1. The molecule has 0 radical (unpaired) electrons. The summed E-state index contributed by atoms with van der Waals surface area (Å²) in [7, 11) is 0. The first-order chi connectivity index (χ1) is 17.8. The number of benzene rings is 2. The lowest BCUT2D eigenvalue weighted by atomic mass is 9.85. The van der Waals surface area contributed by atoms with E-state index >= 15 is 0 Å². The molecule has 196 valence electrons. The van der Waals surface area contributed by atoms with Gasteiger partial charge >= 0.3 is 5.97 Å². The molecule has 2 aromatic carbocycles. The molecule has 0 saturated carbocycles. The Morgan fingerprint density at radius 1 is 1.03 bits per heavy atom. The number of anilines is 2. The molecule has 2 aromatic rings. The number of halogens is 1. The summed E-state index contributed by atoms with van der Waals surface area (Å²) in [5.41, 5.74) is 0.597. The predicted octanol–water partition coefficient (Wildman–Crippen LogP) is 3.29. The summed E-state index contributed by atoms with van der Waals surface area (Å²) >= 11 is 6.02. The highest BCUT2D eigenvalue weighted by molar-refractivity contribution is 6.30. The number of carbonyl (C=O) groups is 4. The molecule has 9 nitrogen and oxygen atoms in total. The van der Waals surface area contributed by atoms with Crippen LogP contribution in [0.3, 0.4) is 0 Å². The van der Waals surface area contributed by atoms with Gasteiger partial charge in [-0.3, -0.25) is 19.2 Å². The standard InChI is InChI=1S/C27H31ClN4O5/c1-2-37-25(35)12-11-24(34)30-15-13-27(14-16-30)26(36)31(19-32(27)22-9-4-3-5-10-22)18-23(33)29-21-8-6-7-20(28)17-21/h3-10,17H,2,11-16,18-19H2,1H3,(H,29,33). The molecule has 2 aliphatic rings. The average molecular weight is 527 g/mol. The van der Waals surface area contributed by atoms with Gasteiger partial charge in [-0.25, -0.2) is 0 Å². The van der Waals surface area contributed by atoms with Crippen LogP contribution >= 0.6 is 11.6 Å². The van der Waals surface area contributed by atoms with Crippen LogP contribution in [0.2, 0.25) is 5.02 Å². The van der Waals surface area contributed by atoms with Crippen LogP contribution in [0.1, 0.15) is 32.6 Å². The van der Waals surface area contributed by atoms with E-state index in [9.17, 15) is 19.2 Å². The second-order valence-corrected chi connectivity index (χ2v) is 9.62. The lowest BCUT2D eigenvalue weighted by Crippen LogP contribution is -2.57. The van der Waals surface area contributed by atoms with E-state index in [0.717, 1.165) is 5.69 Å². The van der Waals surface area contributed by atoms with Crippen LogP contribution in [0, 0.1) is 0 Å². The SMILES string of the molecule is CCOC(=O)CCC(=O)N1CCC2(CC1)C(=O)N(CC(=O)Nc1cccc(Cl)c1)CN2c1ccccc1. The molecule has 2 aliphatic heterocycles. The minimum absolute atomic E-state index is 0.0406. The summed E-state index contributed by atoms with van der Waals surface area (Å²) in [5, 5.41) is 3.31. The molecule has 10 heteroatoms. The van der Waals surface area contributed by atoms with Gasteiger partial charge in [0.1, 0.15) is 12.1 Å². The van der Waals surface area contributed by atoms with E-state index in [-0.39, 0.29) is 50.4 Å². The number of ether oxygens (including phenoxy) is 1. The summed E-state index contributed by atoms with van der Waals surface area (Å²) < 4.78 is 4.91. The maximum atomic E-state index is 13.8. The van der Waals surface area contributed by atoms with E-state index in [0.29, 0.717) is 36.6 Å². The number of piperidine rings is 1. The zero-order chi connectivity index (χ0) is 26.4. The fourth-order valence-corrected chi connectivity index (χ4v) is 5.18. The monoisotopic (exact) mass is 526 g/mol. The van der Waals surface area contributed by atoms with E-state index < -0.39 is 11.5 Å². The van der Waals surface area contributed by atoms with Crippen molar-refractivity contribution in [3.63, 3.8) is 0 Å². The van der Waals surface area contributed by atoms with Crippen LogP contribution in [0.15, 0.2) is 54.6 Å². The topological polar surface area (TPSA) is 99.3 Å². The summed E-state index contributed by atoms with van der Waals surface area (Å²) in [4.78, 5) is 56.2. The molecule has 0 aromatic heterocycles. The van der Waals surface area contributed by atoms with Gasteiger partial charge in [-0.15, -0.1) is 0 Å². The minimum Gasteiger partial charge on any atom is -0.466 e. The third kappa shape index (κ3) is 6.05. The quantitative estimate of drug-likeness (QED) is 0.530. The first kappa shape index (κ1) is 26.5. The highest BCUT2D eigenvalue weighted by atomic mass is 35.5. The van der Waals surface area contributed by atoms with Gasteiger partial charge in [0.25, 0.3) is 5.91 Å². The molecule has 1 N–H and O–H groups in total. The highest BCUT2D eigenvalue weighted by Crippen LogP contribution is 2.39. The zero-order valence-corrected chi connectivity index (χ0v) is 21.6. The molecule has 3 amide bonds. The zero-order valence-electron chi connectivity index (χ0n) is 20.8. The fraction of sp³-hybridized carbons (Fsp3) is 0.407. The molecule has 37 heavy (non-hydrogen) atoms. The van der Waals surface area contributed by atoms with Gasteiger partial charge in [0.2, 0.25) is 11.8 Å². The Bertz CT molecular complexity index is 1150. The number of hydrogen-bond donors (Lipinski definition) is 1. The van der Waals surface area contributed by atoms with E-state index in [1.807, 2.05) is 35.2 Å². The Hall–Kier alpha value is -3.59. The van der Waals surface area contributed by atoms with E-state index in [1.54, 1.807) is 41.0 Å². The number of carbonyl (C=O) groups excluding carboxylic acids is 4. The summed E-state index contributed by atoms with van der Waals surface area (Å²) in [5.74, 6) is -0.960. The van der Waals surface area contributed by atoms with E-state index in [4.69, 9.17) is 16.3 Å². The van der Waals surface area contributed by atoms with Crippen molar-refractivity contribution in [3.8, 4) is 0 Å². The van der Waals surface area contributed by atoms with Gasteiger partial charge in [-0.2, -0.15) is 0 Å². The Balaban J connectivity index is 1.45. The van der Waals surface area contributed by atoms with Gasteiger partial charge in [0.15, 0.2) is 0 Å². The third-order valence-corrected chi connectivity index (χ3v) is 7.05. The first-order valence-electron chi connectivity index (χ1n) is 12.4. The lowest BCUT2D eigenvalue weighted by molar-refractivity contribution is -0.146. The molecule has 4 rings (SSSR count). The molecular weight excluding hydrogens is 496 g/mol. The maximum absolute atomic E-state index is 13.8. The van der Waals surface area contributed by atoms with Crippen molar-refractivity contribution >= 4 is 46.7 Å². The van der Waals surface area contributed by atoms with Gasteiger partial charge < -0.3 is 24.8 Å². The van der Waals surface area contributed by atoms with Gasteiger partial charge in [0, 0.05) is 35.9 Å². The lowest BCUT2D eigenvalue weighted by Gasteiger charge is -2.43. The number of esters is 1. The van der Waals surface area contributed by atoms with Crippen LogP contribution in [-0.4, -0.2) is 71.9 Å². The molecule has 2 fully saturated rings. The highest BCUT2D eigenvalue weighted by Gasteiger charge is 2.54. The van der Waals surface area contributed by atoms with Crippen molar-refractivity contribution in [2.45, 2.75) is 38.1 Å². The number of nitrogens with zero attached hydrogens (tertiary/aromatic N) is 3. The van der Waals surface area contributed by atoms with E-state index in [2.05, 4.69) is 5.32 Å². The maximum Gasteiger partial charge on any atom is 0.306 e. The van der Waals surface area contributed by atoms with Crippen LogP contribution in [0.5, 0.6) is 0 Å². The van der Waals surface area contributed by atoms with E-state index in [1.165, 1.54) is 0 Å². The smallest absolute Gasteiger partial charge is 0.306 e. The Labute approximate surface area is 221 Å². The Kier molecular flexibility index (Phi) is 8.33. The fourth-order valence-electron chi connectivity index (χ4n) is 4.99. The van der Waals surface area contributed by atoms with Gasteiger partial charge in [-0.1, -0.05) is 35.9 Å². The minimum atomic E-state index is -0.852. The van der Waals surface area contributed by atoms with Crippen LogP contribution in [-0.2, 0) is 23.9 Å². The van der Waals surface area contributed by atoms with Gasteiger partial charge in [0.05, 0.1) is 19.7 Å². The molecule has 0 aliphatic carbocycles. The van der Waals surface area contributed by atoms with Crippen molar-refractivity contribution < 1.29 is 23.9 Å². The number of rotatable bonds is 8. The number of amides is 3. The summed E-state index contributed by atoms with van der Waals surface area (Å²) in [6.07, 6.45) is 0.980. The Morgan fingerprint density at radius 3 is 2.43 bits per heavy atom. The second kappa shape index (κ2) is 11.6. The molecule has 0 unspecified atom stereocenters. The molecule has 0 atom stereocenters. The summed E-state index contributed by atoms with van der Waals surface area (Å²) in [6.45, 7) is 2.95. The molecular formula is C27H31ClN4O5. The van der Waals surface area contributed by atoms with Crippen LogP contribution in [0.25, 0.3) is 0 Å². The van der Waals surface area contributed by atoms with Crippen molar-refractivity contribution in [1.29, 1.82) is 0 Å².